The lowest BCUT2D eigenvalue weighted by Gasteiger charge is -2.11. The number of benzene rings is 1. The lowest BCUT2D eigenvalue weighted by Crippen LogP contribution is -2.35. The molecule has 0 aliphatic rings. The van der Waals surface area contributed by atoms with Crippen LogP contribution in [-0.4, -0.2) is 34.2 Å². The zero-order chi connectivity index (χ0) is 12.3. The highest BCUT2D eigenvalue weighted by Gasteiger charge is 2.12. The Bertz CT molecular complexity index is 542. The van der Waals surface area contributed by atoms with Gasteiger partial charge in [0.25, 0.3) is 0 Å². The van der Waals surface area contributed by atoms with Crippen molar-refractivity contribution in [3.05, 3.63) is 24.3 Å². The zero-order valence-electron chi connectivity index (χ0n) is 9.64. The van der Waals surface area contributed by atoms with Crippen molar-refractivity contribution in [2.75, 3.05) is 12.4 Å². The summed E-state index contributed by atoms with van der Waals surface area (Å²) in [5.41, 5.74) is 1.47. The second kappa shape index (κ2) is 4.73. The first kappa shape index (κ1) is 11.3. The minimum Gasteiger partial charge on any atom is -0.357 e. The quantitative estimate of drug-likeness (QED) is 0.807. The maximum absolute atomic E-state index is 11.3. The van der Waals surface area contributed by atoms with Gasteiger partial charge in [0.05, 0.1) is 5.52 Å². The monoisotopic (exact) mass is 231 g/mol. The van der Waals surface area contributed by atoms with Crippen molar-refractivity contribution in [1.29, 1.82) is 0 Å². The van der Waals surface area contributed by atoms with Gasteiger partial charge in [-0.25, -0.2) is 4.98 Å². The van der Waals surface area contributed by atoms with Crippen molar-refractivity contribution in [2.24, 2.45) is 0 Å². The first-order valence-electron chi connectivity index (χ1n) is 5.28. The summed E-state index contributed by atoms with van der Waals surface area (Å²) in [6, 6.07) is 7.03. The molecule has 2 aromatic rings. The maximum Gasteiger partial charge on any atom is 0.243 e. The smallest absolute Gasteiger partial charge is 0.243 e. The predicted octanol–water partition coefficient (Wildman–Crippen LogP) is 0.571. The molecule has 0 aliphatic carbocycles. The summed E-state index contributed by atoms with van der Waals surface area (Å²) in [6.07, 6.45) is 0. The molecule has 0 radical (unpaired) electrons. The van der Waals surface area contributed by atoms with Gasteiger partial charge in [-0.1, -0.05) is 12.1 Å². The third-order valence-electron chi connectivity index (χ3n) is 2.35. The van der Waals surface area contributed by atoms with E-state index in [9.17, 15) is 4.79 Å². The number of amides is 1. The number of para-hydroxylation sites is 1. The number of anilines is 1. The topological polar surface area (TPSA) is 79.8 Å². The summed E-state index contributed by atoms with van der Waals surface area (Å²) in [5.74, 6) is 0.224. The van der Waals surface area contributed by atoms with Crippen LogP contribution in [0, 0.1) is 0 Å². The van der Waals surface area contributed by atoms with Crippen LogP contribution in [0.3, 0.4) is 0 Å². The molecule has 1 atom stereocenters. The van der Waals surface area contributed by atoms with E-state index in [4.69, 9.17) is 0 Å². The van der Waals surface area contributed by atoms with Gasteiger partial charge in [0.2, 0.25) is 11.9 Å². The summed E-state index contributed by atoms with van der Waals surface area (Å²) >= 11 is 0. The number of hydrogen-bond acceptors (Lipinski definition) is 5. The number of aromatic nitrogens is 3. The Balaban J connectivity index is 2.22. The predicted molar refractivity (Wildman–Crippen MR) is 64.5 cm³/mol. The number of carbonyl (C=O) groups is 1. The van der Waals surface area contributed by atoms with Crippen LogP contribution in [0.25, 0.3) is 11.0 Å². The number of hydrogen-bond donors (Lipinski definition) is 2. The van der Waals surface area contributed by atoms with Gasteiger partial charge >= 0.3 is 0 Å². The molecule has 1 aromatic heterocycles. The van der Waals surface area contributed by atoms with Crippen LogP contribution in [-0.2, 0) is 4.79 Å². The molecule has 0 bridgehead atoms. The molecule has 6 nitrogen and oxygen atoms in total. The van der Waals surface area contributed by atoms with Crippen molar-refractivity contribution in [3.63, 3.8) is 0 Å². The first-order valence-corrected chi connectivity index (χ1v) is 5.28. The van der Waals surface area contributed by atoms with Crippen molar-refractivity contribution >= 4 is 22.9 Å². The average molecular weight is 231 g/mol. The van der Waals surface area contributed by atoms with Gasteiger partial charge in [0, 0.05) is 7.05 Å². The Morgan fingerprint density at radius 2 is 1.94 bits per heavy atom. The summed E-state index contributed by atoms with van der Waals surface area (Å²) in [6.45, 7) is 1.73. The second-order valence-electron chi connectivity index (χ2n) is 3.60. The maximum atomic E-state index is 11.3. The van der Waals surface area contributed by atoms with E-state index in [1.807, 2.05) is 24.3 Å². The molecule has 2 N–H and O–H groups in total. The molecule has 1 heterocycles. The average Bonchev–Trinajstić information content (AvgIpc) is 2.37. The normalized spacial score (nSPS) is 12.1. The van der Waals surface area contributed by atoms with Crippen molar-refractivity contribution < 1.29 is 4.79 Å². The molecule has 6 heteroatoms. The Kier molecular flexibility index (Phi) is 3.13. The Labute approximate surface area is 98.5 Å². The molecule has 1 aromatic carbocycles. The van der Waals surface area contributed by atoms with Crippen LogP contribution in [0.4, 0.5) is 5.95 Å². The van der Waals surface area contributed by atoms with Crippen LogP contribution in [0.15, 0.2) is 24.3 Å². The molecule has 0 aliphatic heterocycles. The molecule has 17 heavy (non-hydrogen) atoms. The van der Waals surface area contributed by atoms with Crippen molar-refractivity contribution in [3.8, 4) is 0 Å². The van der Waals surface area contributed by atoms with Gasteiger partial charge in [0.15, 0.2) is 0 Å². The summed E-state index contributed by atoms with van der Waals surface area (Å²) in [4.78, 5) is 15.6. The lowest BCUT2D eigenvalue weighted by atomic mass is 10.3. The lowest BCUT2D eigenvalue weighted by molar-refractivity contribution is -0.121. The van der Waals surface area contributed by atoms with Gasteiger partial charge in [-0.15, -0.1) is 10.2 Å². The van der Waals surface area contributed by atoms with Crippen LogP contribution in [0.2, 0.25) is 0 Å². The van der Waals surface area contributed by atoms with E-state index in [1.165, 1.54) is 0 Å². The van der Waals surface area contributed by atoms with E-state index in [-0.39, 0.29) is 5.91 Å². The summed E-state index contributed by atoms with van der Waals surface area (Å²) in [5, 5.41) is 13.4. The molecular weight excluding hydrogens is 218 g/mol. The SMILES string of the molecule is CNC(=O)C(C)Nc1nnc2ccccc2n1. The van der Waals surface area contributed by atoms with E-state index in [1.54, 1.807) is 14.0 Å². The Hall–Kier alpha value is -2.24. The first-order chi connectivity index (χ1) is 8.20. The van der Waals surface area contributed by atoms with E-state index >= 15 is 0 Å². The van der Waals surface area contributed by atoms with E-state index < -0.39 is 6.04 Å². The second-order valence-corrected chi connectivity index (χ2v) is 3.60. The fourth-order valence-electron chi connectivity index (χ4n) is 1.42. The van der Waals surface area contributed by atoms with Crippen LogP contribution < -0.4 is 10.6 Å². The molecule has 1 amide bonds. The molecule has 0 fully saturated rings. The third-order valence-corrected chi connectivity index (χ3v) is 2.35. The Morgan fingerprint density at radius 1 is 1.24 bits per heavy atom. The number of fused-ring (bicyclic) bond motifs is 1. The summed E-state index contributed by atoms with van der Waals surface area (Å²) < 4.78 is 0. The largest absolute Gasteiger partial charge is 0.357 e. The molecule has 0 spiro atoms. The van der Waals surface area contributed by atoms with E-state index in [0.29, 0.717) is 5.95 Å². The Morgan fingerprint density at radius 3 is 2.65 bits per heavy atom. The van der Waals surface area contributed by atoms with Crippen LogP contribution in [0.5, 0.6) is 0 Å². The van der Waals surface area contributed by atoms with E-state index in [0.717, 1.165) is 11.0 Å². The van der Waals surface area contributed by atoms with Crippen LogP contribution in [0.1, 0.15) is 6.92 Å². The van der Waals surface area contributed by atoms with Crippen molar-refractivity contribution in [2.45, 2.75) is 13.0 Å². The fraction of sp³-hybridized carbons (Fsp3) is 0.273. The van der Waals surface area contributed by atoms with Gasteiger partial charge in [-0.2, -0.15) is 0 Å². The highest BCUT2D eigenvalue weighted by Crippen LogP contribution is 2.09. The van der Waals surface area contributed by atoms with Gasteiger partial charge in [0.1, 0.15) is 11.6 Å². The minimum atomic E-state index is -0.400. The number of nitrogens with zero attached hydrogens (tertiary/aromatic N) is 3. The standard InChI is InChI=1S/C11H13N5O/c1-7(10(17)12-2)13-11-14-8-5-3-4-6-9(8)15-16-11/h3-7H,1-2H3,(H,12,17)(H,13,14,16). The molecular formula is C11H13N5O. The minimum absolute atomic E-state index is 0.123. The number of likely N-dealkylation sites (N-methyl/N-ethyl adjacent to an activating group) is 1. The number of carbonyl (C=O) groups excluding carboxylic acids is 1. The molecule has 1 unspecified atom stereocenters. The van der Waals surface area contributed by atoms with Gasteiger partial charge in [-0.3, -0.25) is 4.79 Å². The highest BCUT2D eigenvalue weighted by molar-refractivity contribution is 5.83. The van der Waals surface area contributed by atoms with Crippen LogP contribution >= 0.6 is 0 Å². The highest BCUT2D eigenvalue weighted by atomic mass is 16.2. The summed E-state index contributed by atoms with van der Waals surface area (Å²) in [7, 11) is 1.58. The van der Waals surface area contributed by atoms with E-state index in [2.05, 4.69) is 25.8 Å². The molecule has 0 saturated heterocycles. The van der Waals surface area contributed by atoms with Gasteiger partial charge < -0.3 is 10.6 Å². The zero-order valence-corrected chi connectivity index (χ0v) is 9.64. The number of nitrogens with one attached hydrogen (secondary N) is 2. The molecule has 0 saturated carbocycles. The molecule has 88 valence electrons. The third kappa shape index (κ3) is 2.47. The van der Waals surface area contributed by atoms with Crippen molar-refractivity contribution in [1.82, 2.24) is 20.5 Å². The fourth-order valence-corrected chi connectivity index (χ4v) is 1.42. The number of rotatable bonds is 3. The molecule has 2 rings (SSSR count). The van der Waals surface area contributed by atoms with Gasteiger partial charge in [-0.05, 0) is 19.1 Å².